The largest absolute Gasteiger partial charge is 0.416 e. The van der Waals surface area contributed by atoms with Crippen molar-refractivity contribution >= 4 is 5.69 Å². The number of alkyl halides is 3. The van der Waals surface area contributed by atoms with Gasteiger partial charge in [0.2, 0.25) is 0 Å². The normalized spacial score (nSPS) is 11.5. The number of hydrogen-bond acceptors (Lipinski definition) is 3. The molecule has 122 valence electrons. The average Bonchev–Trinajstić information content (AvgIpc) is 3.04. The van der Waals surface area contributed by atoms with E-state index < -0.39 is 16.7 Å². The van der Waals surface area contributed by atoms with E-state index in [1.165, 1.54) is 28.9 Å². The minimum absolute atomic E-state index is 0.0335. The van der Waals surface area contributed by atoms with Gasteiger partial charge in [-0.15, -0.1) is 0 Å². The fourth-order valence-electron chi connectivity index (χ4n) is 2.18. The number of rotatable bonds is 3. The molecule has 24 heavy (non-hydrogen) atoms. The maximum absolute atomic E-state index is 12.6. The zero-order valence-corrected chi connectivity index (χ0v) is 12.1. The van der Waals surface area contributed by atoms with Gasteiger partial charge in [-0.25, -0.2) is 4.68 Å². The van der Waals surface area contributed by atoms with Crippen LogP contribution in [0.4, 0.5) is 18.9 Å². The van der Waals surface area contributed by atoms with Gasteiger partial charge in [0.05, 0.1) is 21.9 Å². The SMILES string of the molecule is O=[N+]([O-])c1ccc(-n2ccc(-c3ccc(C(F)(F)F)cc3)n2)cc1. The summed E-state index contributed by atoms with van der Waals surface area (Å²) in [6.45, 7) is 0. The van der Waals surface area contributed by atoms with Crippen LogP contribution in [0.15, 0.2) is 60.8 Å². The lowest BCUT2D eigenvalue weighted by Crippen LogP contribution is -2.04. The first-order chi connectivity index (χ1) is 11.3. The minimum atomic E-state index is -4.38. The van der Waals surface area contributed by atoms with E-state index in [0.29, 0.717) is 16.9 Å². The van der Waals surface area contributed by atoms with Crippen LogP contribution in [0, 0.1) is 10.1 Å². The molecule has 3 rings (SSSR count). The molecule has 0 saturated carbocycles. The molecule has 0 saturated heterocycles. The number of halogens is 3. The van der Waals surface area contributed by atoms with Crippen molar-refractivity contribution in [3.8, 4) is 16.9 Å². The Bertz CT molecular complexity index is 869. The predicted octanol–water partition coefficient (Wildman–Crippen LogP) is 4.47. The van der Waals surface area contributed by atoms with E-state index in [2.05, 4.69) is 5.10 Å². The van der Waals surface area contributed by atoms with Crippen LogP contribution >= 0.6 is 0 Å². The van der Waals surface area contributed by atoms with Crippen LogP contribution in [0.3, 0.4) is 0 Å². The van der Waals surface area contributed by atoms with Crippen molar-refractivity contribution in [1.29, 1.82) is 0 Å². The van der Waals surface area contributed by atoms with Crippen molar-refractivity contribution in [3.63, 3.8) is 0 Å². The minimum Gasteiger partial charge on any atom is -0.258 e. The molecule has 0 amide bonds. The Morgan fingerprint density at radius 3 is 2.12 bits per heavy atom. The summed E-state index contributed by atoms with van der Waals surface area (Å²) in [5.41, 5.74) is 0.902. The fourth-order valence-corrected chi connectivity index (χ4v) is 2.18. The zero-order valence-electron chi connectivity index (χ0n) is 12.1. The molecule has 1 heterocycles. The van der Waals surface area contributed by atoms with Gasteiger partial charge < -0.3 is 0 Å². The number of aromatic nitrogens is 2. The molecule has 5 nitrogen and oxygen atoms in total. The molecule has 0 aliphatic carbocycles. The molecule has 0 aliphatic heterocycles. The van der Waals surface area contributed by atoms with Crippen LogP contribution in [-0.2, 0) is 6.18 Å². The molecule has 2 aromatic carbocycles. The van der Waals surface area contributed by atoms with Gasteiger partial charge in [0.25, 0.3) is 5.69 Å². The molecule has 3 aromatic rings. The highest BCUT2D eigenvalue weighted by molar-refractivity contribution is 5.59. The Balaban J connectivity index is 1.86. The van der Waals surface area contributed by atoms with Crippen molar-refractivity contribution in [1.82, 2.24) is 9.78 Å². The predicted molar refractivity (Wildman–Crippen MR) is 80.7 cm³/mol. The second-order valence-corrected chi connectivity index (χ2v) is 4.99. The van der Waals surface area contributed by atoms with Crippen LogP contribution in [0.5, 0.6) is 0 Å². The number of hydrogen-bond donors (Lipinski definition) is 0. The number of nitro groups is 1. The van der Waals surface area contributed by atoms with Crippen LogP contribution in [0.1, 0.15) is 5.56 Å². The zero-order chi connectivity index (χ0) is 17.3. The molecule has 0 atom stereocenters. The highest BCUT2D eigenvalue weighted by atomic mass is 19.4. The molecule has 1 aromatic heterocycles. The van der Waals surface area contributed by atoms with Gasteiger partial charge in [-0.1, -0.05) is 12.1 Å². The molecule has 0 bridgehead atoms. The van der Waals surface area contributed by atoms with E-state index in [1.54, 1.807) is 24.4 Å². The van der Waals surface area contributed by atoms with E-state index in [-0.39, 0.29) is 5.69 Å². The summed E-state index contributed by atoms with van der Waals surface area (Å²) in [5.74, 6) is 0. The standard InChI is InChI=1S/C16H10F3N3O2/c17-16(18,19)12-3-1-11(2-4-12)15-9-10-21(20-15)13-5-7-14(8-6-13)22(23)24/h1-10H. The van der Waals surface area contributed by atoms with Gasteiger partial charge in [-0.2, -0.15) is 18.3 Å². The first-order valence-corrected chi connectivity index (χ1v) is 6.83. The third-order valence-corrected chi connectivity index (χ3v) is 3.42. The molecule has 0 radical (unpaired) electrons. The van der Waals surface area contributed by atoms with Crippen LogP contribution < -0.4 is 0 Å². The fraction of sp³-hybridized carbons (Fsp3) is 0.0625. The summed E-state index contributed by atoms with van der Waals surface area (Å²) >= 11 is 0. The van der Waals surface area contributed by atoms with E-state index in [4.69, 9.17) is 0 Å². The second-order valence-electron chi connectivity index (χ2n) is 4.99. The number of benzene rings is 2. The second kappa shape index (κ2) is 5.80. The maximum atomic E-state index is 12.6. The number of nitrogens with zero attached hydrogens (tertiary/aromatic N) is 3. The molecule has 0 unspecified atom stereocenters. The first kappa shape index (κ1) is 15.7. The van der Waals surface area contributed by atoms with Crippen molar-refractivity contribution in [2.24, 2.45) is 0 Å². The highest BCUT2D eigenvalue weighted by Crippen LogP contribution is 2.30. The lowest BCUT2D eigenvalue weighted by molar-refractivity contribution is -0.384. The summed E-state index contributed by atoms with van der Waals surface area (Å²) in [6.07, 6.45) is -2.75. The summed E-state index contributed by atoms with van der Waals surface area (Å²) in [5, 5.41) is 14.9. The van der Waals surface area contributed by atoms with Crippen molar-refractivity contribution in [3.05, 3.63) is 76.5 Å². The molecular weight excluding hydrogens is 323 g/mol. The molecule has 0 N–H and O–H groups in total. The van der Waals surface area contributed by atoms with Gasteiger partial charge in [0.1, 0.15) is 0 Å². The van der Waals surface area contributed by atoms with Crippen LogP contribution in [0.25, 0.3) is 16.9 Å². The number of non-ortho nitro benzene ring substituents is 1. The Hall–Kier alpha value is -3.16. The summed E-state index contributed by atoms with van der Waals surface area (Å²) in [4.78, 5) is 10.1. The van der Waals surface area contributed by atoms with E-state index >= 15 is 0 Å². The van der Waals surface area contributed by atoms with Crippen molar-refractivity contribution < 1.29 is 18.1 Å². The van der Waals surface area contributed by atoms with Crippen LogP contribution in [-0.4, -0.2) is 14.7 Å². The van der Waals surface area contributed by atoms with E-state index in [1.807, 2.05) is 0 Å². The Morgan fingerprint density at radius 2 is 1.58 bits per heavy atom. The van der Waals surface area contributed by atoms with Gasteiger partial charge in [-0.3, -0.25) is 10.1 Å². The average molecular weight is 333 g/mol. The quantitative estimate of drug-likeness (QED) is 0.525. The highest BCUT2D eigenvalue weighted by Gasteiger charge is 2.30. The summed E-state index contributed by atoms with van der Waals surface area (Å²) in [6, 6.07) is 12.2. The van der Waals surface area contributed by atoms with E-state index in [0.717, 1.165) is 12.1 Å². The first-order valence-electron chi connectivity index (χ1n) is 6.83. The molecule has 0 aliphatic rings. The molecule has 0 spiro atoms. The number of nitro benzene ring substituents is 1. The van der Waals surface area contributed by atoms with Gasteiger partial charge in [-0.05, 0) is 30.3 Å². The topological polar surface area (TPSA) is 61.0 Å². The van der Waals surface area contributed by atoms with Gasteiger partial charge >= 0.3 is 6.18 Å². The van der Waals surface area contributed by atoms with Gasteiger partial charge in [0, 0.05) is 23.9 Å². The third-order valence-electron chi connectivity index (χ3n) is 3.42. The molecular formula is C16H10F3N3O2. The Kier molecular flexibility index (Phi) is 3.80. The lowest BCUT2D eigenvalue weighted by Gasteiger charge is -2.06. The van der Waals surface area contributed by atoms with Crippen LogP contribution in [0.2, 0.25) is 0 Å². The Labute approximate surface area is 134 Å². The lowest BCUT2D eigenvalue weighted by atomic mass is 10.1. The smallest absolute Gasteiger partial charge is 0.258 e. The van der Waals surface area contributed by atoms with Crippen molar-refractivity contribution in [2.75, 3.05) is 0 Å². The maximum Gasteiger partial charge on any atom is 0.416 e. The Morgan fingerprint density at radius 1 is 0.958 bits per heavy atom. The molecule has 0 fully saturated rings. The summed E-state index contributed by atoms with van der Waals surface area (Å²) < 4.78 is 39.2. The molecule has 8 heteroatoms. The van der Waals surface area contributed by atoms with E-state index in [9.17, 15) is 23.3 Å². The van der Waals surface area contributed by atoms with Crippen molar-refractivity contribution in [2.45, 2.75) is 6.18 Å². The van der Waals surface area contributed by atoms with Gasteiger partial charge in [0.15, 0.2) is 0 Å². The third kappa shape index (κ3) is 3.12. The summed E-state index contributed by atoms with van der Waals surface area (Å²) in [7, 11) is 0. The monoisotopic (exact) mass is 333 g/mol.